The summed E-state index contributed by atoms with van der Waals surface area (Å²) in [5, 5.41) is 135. The Morgan fingerprint density at radius 3 is 1.00 bits per heavy atom. The quantitative estimate of drug-likeness (QED) is 0.0434. The summed E-state index contributed by atoms with van der Waals surface area (Å²) in [6.45, 7) is 15.0. The first-order valence-corrected chi connectivity index (χ1v) is 36.4. The Morgan fingerprint density at radius 1 is 0.393 bits per heavy atom. The van der Waals surface area contributed by atoms with Gasteiger partial charge in [0.15, 0.2) is 54.9 Å². The van der Waals surface area contributed by atoms with E-state index in [4.69, 9.17) is 119 Å². The topological polar surface area (TPSA) is 468 Å². The minimum absolute atomic E-state index is 0. The second-order valence-electron chi connectivity index (χ2n) is 26.9. The van der Waals surface area contributed by atoms with Gasteiger partial charge >= 0.3 is 29.6 Å². The molecule has 0 aromatic heterocycles. The van der Waals surface area contributed by atoms with Gasteiger partial charge in [-0.05, 0) is 69.4 Å². The Bertz CT molecular complexity index is 3160. The third kappa shape index (κ3) is 32.4. The number of hydrogen-bond acceptors (Lipinski definition) is 32. The molecule has 32 nitrogen and oxygen atoms in total. The van der Waals surface area contributed by atoms with Crippen molar-refractivity contribution >= 4 is 23.4 Å². The van der Waals surface area contributed by atoms with Crippen molar-refractivity contribution in [1.29, 1.82) is 1.28 Å². The minimum atomic E-state index is -1.41. The number of aliphatic hydroxyl groups excluding tert-OH is 15. The van der Waals surface area contributed by atoms with E-state index in [9.17, 15) is 30.3 Å². The van der Waals surface area contributed by atoms with Crippen LogP contribution in [0.3, 0.4) is 0 Å². The molecular weight excluding hydrogens is 1500 g/mol. The normalized spacial score (nSPS) is 33.4. The third-order valence-electron chi connectivity index (χ3n) is 17.1. The molecule has 0 amide bonds. The molecule has 15 N–H and O–H groups in total. The van der Waals surface area contributed by atoms with Gasteiger partial charge in [-0.2, -0.15) is 0 Å². The molecule has 9 fully saturated rings. The number of carbonyl (C=O) groups excluding carboxylic acids is 1. The summed E-state index contributed by atoms with van der Waals surface area (Å²) >= 11 is 0. The van der Waals surface area contributed by atoms with Crippen LogP contribution in [-0.2, 0) is 114 Å². The Hall–Kier alpha value is -3.98. The predicted molar refractivity (Wildman–Crippen MR) is 400 cm³/mol. The van der Waals surface area contributed by atoms with E-state index in [0.717, 1.165) is 34.9 Å². The molecule has 5 aromatic carbocycles. The summed E-state index contributed by atoms with van der Waals surface area (Å²) in [7, 11) is 1.33. The van der Waals surface area contributed by atoms with Gasteiger partial charge in [0.1, 0.15) is 97.7 Å². The smallest absolute Gasteiger partial charge is 1.00 e. The van der Waals surface area contributed by atoms with Crippen molar-refractivity contribution in [2.24, 2.45) is 0 Å². The molecule has 35 heteroatoms. The monoisotopic (exact) mass is 1620 g/mol. The first kappa shape index (κ1) is 100. The summed E-state index contributed by atoms with van der Waals surface area (Å²) in [6.07, 6.45) is -21.1. The maximum atomic E-state index is 12.3. The van der Waals surface area contributed by atoms with Gasteiger partial charge in [0.05, 0.1) is 74.0 Å². The number of ketones is 1. The predicted octanol–water partition coefficient (Wildman–Crippen LogP) is -2.34. The maximum absolute atomic E-state index is 12.3. The van der Waals surface area contributed by atoms with Crippen molar-refractivity contribution < 1.29 is 188 Å². The molecular formula is C77H116BNaO32P. The molecule has 9 heterocycles. The molecule has 9 aliphatic rings. The van der Waals surface area contributed by atoms with Crippen LogP contribution in [0.25, 0.3) is 0 Å². The van der Waals surface area contributed by atoms with Crippen LogP contribution in [0.15, 0.2) is 152 Å². The van der Waals surface area contributed by atoms with Crippen molar-refractivity contribution in [3.05, 3.63) is 179 Å². The second-order valence-corrected chi connectivity index (χ2v) is 26.9. The van der Waals surface area contributed by atoms with Gasteiger partial charge in [-0.15, -0.1) is 9.18 Å². The molecule has 625 valence electrons. The summed E-state index contributed by atoms with van der Waals surface area (Å²) < 4.78 is 93.0. The zero-order chi connectivity index (χ0) is 80.7. The Labute approximate surface area is 683 Å². The number of rotatable bonds is 13. The first-order valence-electron chi connectivity index (χ1n) is 35.9. The molecule has 0 spiro atoms. The van der Waals surface area contributed by atoms with Gasteiger partial charge in [-0.3, -0.25) is 4.79 Å². The average molecular weight is 1620 g/mol. The van der Waals surface area contributed by atoms with E-state index in [2.05, 4.69) is 9.47 Å². The molecule has 0 aliphatic carbocycles. The standard InChI is InChI=1S/2C15H20O5.C15H18O5.C12H16O5.C7H8O.2C5H10O5.CH4O.CH5P.CH4.B.Na.H/c3*1-15(2)19-11-9-18-14(12(16)13(11)20-15)17-8-10-6-4-3-5-7-10;13-9-7-17-12(11(15)10(9)14)16-6-8-4-2-1-3-5-8;8-6-7-4-2-1-3-5-7;2*6-2-1-10-5(9)4(8)3(2)7;2*1-2;;;;/h2*3-7,11-14,16H,8-9H2,1-2H3;3-7,11,13-14H,8-9H2,1-2H3;1-5,9-15H,6-7H2;1-5,8H,6H2;2*2-9H,1H2;2H,1H3;2H2,1H3;1H4;;;/q;;;;;;;;;;;+1;-1/i;;;;;;;;2D;;;;. The van der Waals surface area contributed by atoms with Gasteiger partial charge in [-0.1, -0.05) is 166 Å². The van der Waals surface area contributed by atoms with Gasteiger partial charge < -0.3 is 154 Å². The third-order valence-corrected chi connectivity index (χ3v) is 17.1. The molecule has 0 saturated carbocycles. The van der Waals surface area contributed by atoms with Crippen molar-refractivity contribution in [2.75, 3.05) is 53.4 Å². The number of benzene rings is 5. The molecule has 24 atom stereocenters. The summed E-state index contributed by atoms with van der Waals surface area (Å²) in [6, 6.07) is 48.2. The molecule has 9 aliphatic heterocycles. The van der Waals surface area contributed by atoms with Gasteiger partial charge in [0.25, 0.3) is 0 Å². The molecule has 9 saturated heterocycles. The second kappa shape index (κ2) is 51.4. The number of Topliss-reactive ketones (excluding diaryl/α,β-unsaturated/α-hetero) is 1. The van der Waals surface area contributed by atoms with Crippen LogP contribution in [0.5, 0.6) is 0 Å². The maximum Gasteiger partial charge on any atom is 1.00 e. The van der Waals surface area contributed by atoms with Crippen molar-refractivity contribution in [2.45, 2.75) is 241 Å². The van der Waals surface area contributed by atoms with Crippen molar-refractivity contribution in [3.8, 4) is 0 Å². The molecule has 3 radical (unpaired) electrons. The van der Waals surface area contributed by atoms with Crippen LogP contribution in [0.2, 0.25) is 0 Å². The average Bonchev–Trinajstić information content (AvgIpc) is 1.65. The molecule has 14 rings (SSSR count). The SMILES string of the molecule is C.CC1(C)OC2COC(OCc3ccccc3)C(=O)C2O1.CC1(C)OC2COC(OCc3ccccc3)C(O)C2O1.CC1(C)OC2COC(OCc3ccccc3)C(O)C2O1.CO.OC1COC(O)C(O)C1O.OC1COC(O)C(O)C1O.OC1COC(OCc2ccccc2)C(O)C1O.OCc1ccccc1.[2H]PC.[B].[H-].[Na+]. The van der Waals surface area contributed by atoms with Crippen molar-refractivity contribution in [3.63, 3.8) is 0 Å². The fourth-order valence-corrected chi connectivity index (χ4v) is 11.6. The Morgan fingerprint density at radius 2 is 0.670 bits per heavy atom. The first-order chi connectivity index (χ1) is 52.4. The van der Waals surface area contributed by atoms with Crippen molar-refractivity contribution in [1.82, 2.24) is 0 Å². The van der Waals surface area contributed by atoms with E-state index in [0.29, 0.717) is 48.8 Å². The van der Waals surface area contributed by atoms with E-state index in [1.807, 2.05) is 186 Å². The minimum Gasteiger partial charge on any atom is -1.00 e. The van der Waals surface area contributed by atoms with Gasteiger partial charge in [0.2, 0.25) is 12.1 Å². The number of fused-ring (bicyclic) bond motifs is 3. The molecule has 24 unspecified atom stereocenters. The van der Waals surface area contributed by atoms with Crippen LogP contribution in [0, 0.1) is 0 Å². The van der Waals surface area contributed by atoms with E-state index >= 15 is 0 Å². The summed E-state index contributed by atoms with van der Waals surface area (Å²) in [4.78, 5) is 12.3. The van der Waals surface area contributed by atoms with Gasteiger partial charge in [0, 0.05) is 15.5 Å². The largest absolute Gasteiger partial charge is 1.00 e. The number of aliphatic hydroxyl groups is 15. The number of ether oxygens (including phenoxy) is 16. The van der Waals surface area contributed by atoms with Crippen LogP contribution in [0.1, 0.15) is 78.2 Å². The Balaban J connectivity index is 0.000000453. The Kier molecular flexibility index (Phi) is 46.0. The molecule has 0 bridgehead atoms. The fraction of sp³-hybridized carbons (Fsp3) is 0.597. The van der Waals surface area contributed by atoms with Crippen LogP contribution in [0.4, 0.5) is 0 Å². The zero-order valence-corrected chi connectivity index (χ0v) is 66.7. The molecule has 5 aromatic rings. The van der Waals surface area contributed by atoms with E-state index in [-0.39, 0.29) is 104 Å². The van der Waals surface area contributed by atoms with Crippen LogP contribution >= 0.6 is 9.18 Å². The van der Waals surface area contributed by atoms with E-state index in [1.165, 1.54) is 0 Å². The van der Waals surface area contributed by atoms with E-state index in [1.54, 1.807) is 13.8 Å². The summed E-state index contributed by atoms with van der Waals surface area (Å²) in [5.74, 6) is -2.33. The zero-order valence-electron chi connectivity index (χ0n) is 65.7. The fourth-order valence-electron chi connectivity index (χ4n) is 11.6. The summed E-state index contributed by atoms with van der Waals surface area (Å²) in [5.41, 5.74) is 4.98. The number of carbonyl (C=O) groups is 1. The van der Waals surface area contributed by atoms with Crippen LogP contribution < -0.4 is 29.6 Å². The number of hydrogen-bond donors (Lipinski definition) is 15. The van der Waals surface area contributed by atoms with Crippen LogP contribution in [-0.4, -0.2) is 304 Å². The molecule has 112 heavy (non-hydrogen) atoms. The van der Waals surface area contributed by atoms with E-state index < -0.39 is 141 Å². The van der Waals surface area contributed by atoms with Gasteiger partial charge in [-0.25, -0.2) is 0 Å².